The number of aromatic nitrogens is 1. The van der Waals surface area contributed by atoms with Gasteiger partial charge in [0.05, 0.1) is 0 Å². The molecule has 0 saturated carbocycles. The minimum atomic E-state index is -0.332. The van der Waals surface area contributed by atoms with Crippen LogP contribution in [0.3, 0.4) is 0 Å². The zero-order chi connectivity index (χ0) is 14.8. The lowest BCUT2D eigenvalue weighted by Gasteiger charge is -2.06. The molecule has 3 rings (SSSR count). The quantitative estimate of drug-likeness (QED) is 0.652. The van der Waals surface area contributed by atoms with E-state index in [0.29, 0.717) is 10.2 Å². The van der Waals surface area contributed by atoms with Crippen molar-refractivity contribution < 1.29 is 9.18 Å². The highest BCUT2D eigenvalue weighted by Gasteiger charge is 2.14. The number of carbonyl (C=O) groups excluding carboxylic acids is 1. The summed E-state index contributed by atoms with van der Waals surface area (Å²) in [7, 11) is 0. The Morgan fingerprint density at radius 2 is 1.95 bits per heavy atom. The Balaban J connectivity index is 1.97. The van der Waals surface area contributed by atoms with E-state index in [4.69, 9.17) is 0 Å². The van der Waals surface area contributed by atoms with Crippen molar-refractivity contribution >= 4 is 32.5 Å². The Morgan fingerprint density at radius 3 is 2.76 bits per heavy atom. The average Bonchev–Trinajstić information content (AvgIpc) is 2.49. The number of nitrogens with zero attached hydrogens (tertiary/aromatic N) is 1. The summed E-state index contributed by atoms with van der Waals surface area (Å²) in [6.07, 6.45) is 1.82. The number of halogens is 2. The molecule has 0 atom stereocenters. The molecule has 0 amide bonds. The van der Waals surface area contributed by atoms with Gasteiger partial charge in [-0.05, 0) is 29.1 Å². The molecule has 2 nitrogen and oxygen atoms in total. The third-order valence-corrected chi connectivity index (χ3v) is 4.04. The first-order valence-electron chi connectivity index (χ1n) is 6.46. The number of hydrogen-bond acceptors (Lipinski definition) is 2. The number of fused-ring (bicyclic) bond motifs is 1. The normalized spacial score (nSPS) is 10.8. The maximum atomic E-state index is 13.1. The number of benzene rings is 2. The fourth-order valence-corrected chi connectivity index (χ4v) is 2.75. The molecule has 0 bridgehead atoms. The van der Waals surface area contributed by atoms with Crippen LogP contribution in [0.4, 0.5) is 4.39 Å². The number of carbonyl (C=O) groups is 1. The van der Waals surface area contributed by atoms with E-state index in [9.17, 15) is 9.18 Å². The van der Waals surface area contributed by atoms with Crippen molar-refractivity contribution in [1.82, 2.24) is 4.98 Å². The molecule has 0 fully saturated rings. The van der Waals surface area contributed by atoms with E-state index in [1.165, 1.54) is 12.1 Å². The zero-order valence-corrected chi connectivity index (χ0v) is 12.6. The first-order chi connectivity index (χ1) is 10.1. The maximum Gasteiger partial charge on any atom is 0.186 e. The van der Waals surface area contributed by atoms with Crippen LogP contribution in [0.15, 0.2) is 59.2 Å². The fraction of sp³-hybridized carbons (Fsp3) is 0.0588. The van der Waals surface area contributed by atoms with Crippen molar-refractivity contribution in [3.05, 3.63) is 76.3 Å². The van der Waals surface area contributed by atoms with Gasteiger partial charge >= 0.3 is 0 Å². The molecule has 2 aromatic carbocycles. The lowest BCUT2D eigenvalue weighted by molar-refractivity contribution is 0.0990. The number of Topliss-reactive ketones (excluding diaryl/α,β-unsaturated/α-hetero) is 1. The third-order valence-electron chi connectivity index (χ3n) is 3.30. The molecule has 1 heterocycles. The summed E-state index contributed by atoms with van der Waals surface area (Å²) >= 11 is 3.29. The van der Waals surface area contributed by atoms with Gasteiger partial charge in [-0.25, -0.2) is 4.39 Å². The highest BCUT2D eigenvalue weighted by Crippen LogP contribution is 2.22. The molecule has 0 radical (unpaired) electrons. The van der Waals surface area contributed by atoms with Crippen LogP contribution in [0, 0.1) is 5.82 Å². The van der Waals surface area contributed by atoms with Gasteiger partial charge in [0.15, 0.2) is 5.78 Å². The van der Waals surface area contributed by atoms with E-state index in [1.54, 1.807) is 12.3 Å². The molecule has 3 aromatic rings. The van der Waals surface area contributed by atoms with Gasteiger partial charge < -0.3 is 0 Å². The minimum absolute atomic E-state index is 0.0842. The van der Waals surface area contributed by atoms with Gasteiger partial charge in [-0.3, -0.25) is 9.78 Å². The molecule has 4 heteroatoms. The molecule has 0 aliphatic rings. The molecule has 21 heavy (non-hydrogen) atoms. The Morgan fingerprint density at radius 1 is 1.14 bits per heavy atom. The molecular weight excluding hydrogens is 333 g/mol. The third kappa shape index (κ3) is 2.85. The van der Waals surface area contributed by atoms with E-state index in [2.05, 4.69) is 20.9 Å². The fourth-order valence-electron chi connectivity index (χ4n) is 2.26. The molecule has 0 unspecified atom stereocenters. The lowest BCUT2D eigenvalue weighted by atomic mass is 10.0. The van der Waals surface area contributed by atoms with Crippen molar-refractivity contribution in [3.8, 4) is 0 Å². The second-order valence-corrected chi connectivity index (χ2v) is 5.57. The zero-order valence-electron chi connectivity index (χ0n) is 11.0. The van der Waals surface area contributed by atoms with Crippen LogP contribution in [0.2, 0.25) is 0 Å². The summed E-state index contributed by atoms with van der Waals surface area (Å²) < 4.78 is 13.7. The Bertz CT molecular complexity index is 827. The predicted octanol–water partition coefficient (Wildman–Crippen LogP) is 4.56. The van der Waals surface area contributed by atoms with Gasteiger partial charge in [-0.1, -0.05) is 46.3 Å². The molecular formula is C17H11BrFNO. The predicted molar refractivity (Wildman–Crippen MR) is 83.9 cm³/mol. The van der Waals surface area contributed by atoms with Crippen LogP contribution in [-0.2, 0) is 6.42 Å². The molecule has 0 N–H and O–H groups in total. The summed E-state index contributed by atoms with van der Waals surface area (Å²) in [6, 6.07) is 13.8. The van der Waals surface area contributed by atoms with Crippen LogP contribution >= 0.6 is 15.9 Å². The summed E-state index contributed by atoms with van der Waals surface area (Å²) in [4.78, 5) is 16.7. The summed E-state index contributed by atoms with van der Waals surface area (Å²) in [5.74, 6) is -0.416. The first-order valence-corrected chi connectivity index (χ1v) is 7.25. The Kier molecular flexibility index (Phi) is 3.80. The Hall–Kier alpha value is -2.07. The smallest absolute Gasteiger partial charge is 0.186 e. The molecule has 0 aliphatic heterocycles. The lowest BCUT2D eigenvalue weighted by Crippen LogP contribution is -2.07. The SMILES string of the molecule is O=C(Cc1ccc(F)cc1Br)c1nccc2ccccc12. The Labute approximate surface area is 129 Å². The van der Waals surface area contributed by atoms with Gasteiger partial charge in [0.2, 0.25) is 0 Å². The summed E-state index contributed by atoms with van der Waals surface area (Å²) in [6.45, 7) is 0. The maximum absolute atomic E-state index is 13.1. The van der Waals surface area contributed by atoms with Crippen molar-refractivity contribution in [3.63, 3.8) is 0 Å². The number of hydrogen-bond donors (Lipinski definition) is 0. The second-order valence-electron chi connectivity index (χ2n) is 4.72. The van der Waals surface area contributed by atoms with E-state index in [0.717, 1.165) is 16.3 Å². The molecule has 104 valence electrons. The molecule has 0 saturated heterocycles. The highest BCUT2D eigenvalue weighted by atomic mass is 79.9. The second kappa shape index (κ2) is 5.74. The molecule has 0 spiro atoms. The largest absolute Gasteiger partial charge is 0.292 e. The number of rotatable bonds is 3. The van der Waals surface area contributed by atoms with Crippen LogP contribution in [-0.4, -0.2) is 10.8 Å². The van der Waals surface area contributed by atoms with Crippen LogP contribution in [0.25, 0.3) is 10.8 Å². The number of ketones is 1. The van der Waals surface area contributed by atoms with Crippen molar-refractivity contribution in [2.24, 2.45) is 0 Å². The summed E-state index contributed by atoms with van der Waals surface area (Å²) in [5, 5.41) is 1.82. The van der Waals surface area contributed by atoms with Gasteiger partial charge in [0.25, 0.3) is 0 Å². The first kappa shape index (κ1) is 13.9. The van der Waals surface area contributed by atoms with Gasteiger partial charge in [0.1, 0.15) is 11.5 Å². The van der Waals surface area contributed by atoms with Crippen molar-refractivity contribution in [1.29, 1.82) is 0 Å². The van der Waals surface area contributed by atoms with Gasteiger partial charge in [-0.15, -0.1) is 0 Å². The summed E-state index contributed by atoms with van der Waals surface area (Å²) in [5.41, 5.74) is 1.19. The topological polar surface area (TPSA) is 30.0 Å². The van der Waals surface area contributed by atoms with Gasteiger partial charge in [0, 0.05) is 22.5 Å². The monoisotopic (exact) mass is 343 g/mol. The van der Waals surface area contributed by atoms with E-state index < -0.39 is 0 Å². The standard InChI is InChI=1S/C17H11BrFNO/c18-15-10-13(19)6-5-12(15)9-16(21)17-14-4-2-1-3-11(14)7-8-20-17/h1-8,10H,9H2. The van der Waals surface area contributed by atoms with Gasteiger partial charge in [-0.2, -0.15) is 0 Å². The minimum Gasteiger partial charge on any atom is -0.292 e. The number of pyridine rings is 1. The molecule has 1 aromatic heterocycles. The average molecular weight is 344 g/mol. The van der Waals surface area contributed by atoms with E-state index in [1.807, 2.05) is 30.3 Å². The highest BCUT2D eigenvalue weighted by molar-refractivity contribution is 9.10. The van der Waals surface area contributed by atoms with Crippen LogP contribution in [0.5, 0.6) is 0 Å². The van der Waals surface area contributed by atoms with Crippen LogP contribution in [0.1, 0.15) is 16.1 Å². The molecule has 0 aliphatic carbocycles. The van der Waals surface area contributed by atoms with E-state index in [-0.39, 0.29) is 18.0 Å². The van der Waals surface area contributed by atoms with E-state index >= 15 is 0 Å². The van der Waals surface area contributed by atoms with Crippen LogP contribution < -0.4 is 0 Å². The van der Waals surface area contributed by atoms with Crippen molar-refractivity contribution in [2.75, 3.05) is 0 Å². The van der Waals surface area contributed by atoms with Crippen molar-refractivity contribution in [2.45, 2.75) is 6.42 Å².